The van der Waals surface area contributed by atoms with Crippen molar-refractivity contribution >= 4 is 23.1 Å². The number of pyridine rings is 1. The van der Waals surface area contributed by atoms with E-state index in [0.29, 0.717) is 18.0 Å². The van der Waals surface area contributed by atoms with Gasteiger partial charge in [0, 0.05) is 24.7 Å². The quantitative estimate of drug-likeness (QED) is 0.876. The molecule has 0 bridgehead atoms. The third kappa shape index (κ3) is 3.75. The van der Waals surface area contributed by atoms with Gasteiger partial charge in [0.2, 0.25) is 5.91 Å². The van der Waals surface area contributed by atoms with Crippen molar-refractivity contribution in [3.8, 4) is 0 Å². The molecule has 26 heavy (non-hydrogen) atoms. The van der Waals surface area contributed by atoms with E-state index in [2.05, 4.69) is 49.2 Å². The monoisotopic (exact) mass is 370 g/mol. The molecule has 0 aliphatic carbocycles. The number of nitrogens with zero attached hydrogens (tertiary/aromatic N) is 1. The smallest absolute Gasteiger partial charge is 0.267 e. The van der Waals surface area contributed by atoms with Crippen molar-refractivity contribution in [3.63, 3.8) is 0 Å². The normalized spacial score (nSPS) is 18.0. The minimum absolute atomic E-state index is 0.0152. The second-order valence-corrected chi connectivity index (χ2v) is 7.42. The van der Waals surface area contributed by atoms with Crippen LogP contribution in [0.3, 0.4) is 0 Å². The van der Waals surface area contributed by atoms with Gasteiger partial charge in [0.1, 0.15) is 5.02 Å². The lowest BCUT2D eigenvalue weighted by atomic mass is 9.95. The van der Waals surface area contributed by atoms with Crippen LogP contribution in [0.25, 0.3) is 5.57 Å². The van der Waals surface area contributed by atoms with E-state index < -0.39 is 0 Å². The Labute approximate surface area is 158 Å². The molecule has 2 aromatic rings. The zero-order chi connectivity index (χ0) is 18.8. The molecule has 0 unspecified atom stereocenters. The number of H-pyrrole nitrogens is 1. The maximum absolute atomic E-state index is 12.0. The van der Waals surface area contributed by atoms with Crippen LogP contribution >= 0.6 is 11.6 Å². The van der Waals surface area contributed by atoms with Gasteiger partial charge in [-0.25, -0.2) is 0 Å². The number of carbonyl (C=O) groups excluding carboxylic acids is 1. The first kappa shape index (κ1) is 18.5. The molecule has 3 rings (SSSR count). The van der Waals surface area contributed by atoms with Crippen molar-refractivity contribution < 1.29 is 4.79 Å². The summed E-state index contributed by atoms with van der Waals surface area (Å²) in [5, 5.41) is 0.163. The second kappa shape index (κ2) is 7.50. The highest BCUT2D eigenvalue weighted by Gasteiger charge is 2.26. The third-order valence-corrected chi connectivity index (χ3v) is 5.24. The Bertz CT molecular complexity index is 897. The van der Waals surface area contributed by atoms with Crippen molar-refractivity contribution in [2.45, 2.75) is 38.6 Å². The number of aromatic amines is 1. The lowest BCUT2D eigenvalue weighted by Gasteiger charge is -2.19. The number of hydrogen-bond donors (Lipinski definition) is 1. The highest BCUT2D eigenvalue weighted by atomic mass is 35.5. The summed E-state index contributed by atoms with van der Waals surface area (Å²) in [6.45, 7) is 4.31. The molecule has 2 heterocycles. The fraction of sp³-hybridized carbons (Fsp3) is 0.333. The molecule has 1 saturated heterocycles. The summed E-state index contributed by atoms with van der Waals surface area (Å²) in [7, 11) is 1.82. The Balaban J connectivity index is 2.08. The molecule has 1 N–H and O–H groups in total. The number of hydrogen-bond acceptors (Lipinski definition) is 2. The Morgan fingerprint density at radius 1 is 1.19 bits per heavy atom. The van der Waals surface area contributed by atoms with E-state index >= 15 is 0 Å². The Hall–Kier alpha value is -2.33. The van der Waals surface area contributed by atoms with Crippen molar-refractivity contribution in [1.29, 1.82) is 0 Å². The van der Waals surface area contributed by atoms with Gasteiger partial charge in [0.05, 0.1) is 6.04 Å². The van der Waals surface area contributed by atoms with E-state index in [-0.39, 0.29) is 22.5 Å². The van der Waals surface area contributed by atoms with Gasteiger partial charge in [-0.15, -0.1) is 0 Å². The summed E-state index contributed by atoms with van der Waals surface area (Å²) < 4.78 is 0. The highest BCUT2D eigenvalue weighted by molar-refractivity contribution is 6.30. The van der Waals surface area contributed by atoms with Gasteiger partial charge in [-0.2, -0.15) is 0 Å². The zero-order valence-electron chi connectivity index (χ0n) is 15.3. The average Bonchev–Trinajstić information content (AvgIpc) is 2.94. The molecule has 0 saturated carbocycles. The van der Waals surface area contributed by atoms with E-state index in [4.69, 9.17) is 11.6 Å². The summed E-state index contributed by atoms with van der Waals surface area (Å²) in [6, 6.07) is 11.8. The van der Waals surface area contributed by atoms with E-state index in [1.165, 1.54) is 5.56 Å². The number of likely N-dealkylation sites (tertiary alicyclic amines) is 1. The summed E-state index contributed by atoms with van der Waals surface area (Å²) in [5.74, 6) is 0.593. The summed E-state index contributed by atoms with van der Waals surface area (Å²) in [5.41, 5.74) is 3.54. The topological polar surface area (TPSA) is 53.2 Å². The fourth-order valence-corrected chi connectivity index (χ4v) is 3.33. The number of carbonyl (C=O) groups is 1. The molecule has 1 aromatic carbocycles. The molecule has 4 nitrogen and oxygen atoms in total. The van der Waals surface area contributed by atoms with Crippen LogP contribution in [-0.2, 0) is 4.79 Å². The minimum Gasteiger partial charge on any atom is -0.339 e. The molecule has 0 spiro atoms. The van der Waals surface area contributed by atoms with E-state index in [1.54, 1.807) is 11.0 Å². The van der Waals surface area contributed by atoms with Crippen LogP contribution in [0.2, 0.25) is 5.02 Å². The lowest BCUT2D eigenvalue weighted by Crippen LogP contribution is -2.27. The molecular formula is C21H23ClN2O2. The van der Waals surface area contributed by atoms with Gasteiger partial charge in [-0.3, -0.25) is 9.59 Å². The number of benzene rings is 1. The van der Waals surface area contributed by atoms with Gasteiger partial charge < -0.3 is 9.88 Å². The Morgan fingerprint density at radius 2 is 1.88 bits per heavy atom. The van der Waals surface area contributed by atoms with Crippen molar-refractivity contribution in [2.75, 3.05) is 7.05 Å². The van der Waals surface area contributed by atoms with Gasteiger partial charge >= 0.3 is 0 Å². The van der Waals surface area contributed by atoms with Crippen LogP contribution in [0.4, 0.5) is 0 Å². The fourth-order valence-electron chi connectivity index (χ4n) is 3.22. The van der Waals surface area contributed by atoms with Gasteiger partial charge in [0.15, 0.2) is 0 Å². The zero-order valence-corrected chi connectivity index (χ0v) is 16.0. The molecular weight excluding hydrogens is 348 g/mol. The predicted molar refractivity (Wildman–Crippen MR) is 105 cm³/mol. The van der Waals surface area contributed by atoms with Gasteiger partial charge in [-0.1, -0.05) is 55.8 Å². The largest absolute Gasteiger partial charge is 0.339 e. The molecule has 1 aromatic heterocycles. The molecule has 1 amide bonds. The standard InChI is InChI=1S/C21H23ClN2O2/c1-13(2)14-4-6-15(7-5-14)17(12-16-8-11-20(25)24(16)3)19-10-9-18(22)21(26)23-19/h4-7,9-10,12-13,16H,8,11H2,1-3H3,(H,23,26)/t16-/m1/s1. The number of halogens is 1. The summed E-state index contributed by atoms with van der Waals surface area (Å²) in [6.07, 6.45) is 3.39. The Kier molecular flexibility index (Phi) is 5.33. The van der Waals surface area contributed by atoms with Gasteiger partial charge in [0.25, 0.3) is 5.56 Å². The van der Waals surface area contributed by atoms with E-state index in [9.17, 15) is 9.59 Å². The summed E-state index contributed by atoms with van der Waals surface area (Å²) in [4.78, 5) is 28.5. The first-order valence-corrected chi connectivity index (χ1v) is 9.21. The number of nitrogens with one attached hydrogen (secondary N) is 1. The van der Waals surface area contributed by atoms with Crippen LogP contribution in [0.5, 0.6) is 0 Å². The molecule has 0 radical (unpaired) electrons. The number of rotatable bonds is 4. The maximum Gasteiger partial charge on any atom is 0.267 e. The number of amides is 1. The van der Waals surface area contributed by atoms with Crippen LogP contribution in [-0.4, -0.2) is 28.9 Å². The molecule has 1 atom stereocenters. The molecule has 136 valence electrons. The molecule has 1 aliphatic rings. The van der Waals surface area contributed by atoms with Crippen molar-refractivity contribution in [2.24, 2.45) is 0 Å². The highest BCUT2D eigenvalue weighted by Crippen LogP contribution is 2.28. The lowest BCUT2D eigenvalue weighted by molar-refractivity contribution is -0.127. The SMILES string of the molecule is CC(C)c1ccc(C(=C[C@H]2CCC(=O)N2C)c2ccc(Cl)c(=O)[nH]2)cc1. The number of aromatic nitrogens is 1. The third-order valence-electron chi connectivity index (χ3n) is 4.94. The van der Waals surface area contributed by atoms with Gasteiger partial charge in [-0.05, 0) is 35.6 Å². The van der Waals surface area contributed by atoms with E-state index in [0.717, 1.165) is 17.6 Å². The first-order chi connectivity index (χ1) is 12.4. The van der Waals surface area contributed by atoms with E-state index in [1.807, 2.05) is 13.1 Å². The first-order valence-electron chi connectivity index (χ1n) is 8.84. The molecule has 5 heteroatoms. The second-order valence-electron chi connectivity index (χ2n) is 7.02. The van der Waals surface area contributed by atoms with Crippen LogP contribution in [0.1, 0.15) is 49.4 Å². The van der Waals surface area contributed by atoms with Crippen LogP contribution in [0, 0.1) is 0 Å². The predicted octanol–water partition coefficient (Wildman–Crippen LogP) is 4.20. The minimum atomic E-state index is -0.315. The van der Waals surface area contributed by atoms with Crippen molar-refractivity contribution in [1.82, 2.24) is 9.88 Å². The van der Waals surface area contributed by atoms with Crippen LogP contribution in [0.15, 0.2) is 47.3 Å². The Morgan fingerprint density at radius 3 is 2.42 bits per heavy atom. The maximum atomic E-state index is 12.0. The molecule has 1 fully saturated rings. The van der Waals surface area contributed by atoms with Crippen LogP contribution < -0.4 is 5.56 Å². The summed E-state index contributed by atoms with van der Waals surface area (Å²) >= 11 is 5.88. The average molecular weight is 371 g/mol. The molecule has 1 aliphatic heterocycles. The number of likely N-dealkylation sites (N-methyl/N-ethyl adjacent to an activating group) is 1. The van der Waals surface area contributed by atoms with Crippen molar-refractivity contribution in [3.05, 3.63) is 74.7 Å².